The van der Waals surface area contributed by atoms with Crippen LogP contribution in [0, 0.1) is 5.92 Å². The van der Waals surface area contributed by atoms with Crippen LogP contribution in [0.5, 0.6) is 0 Å². The highest BCUT2D eigenvalue weighted by Crippen LogP contribution is 2.47. The smallest absolute Gasteiger partial charge is 0.264 e. The predicted octanol–water partition coefficient (Wildman–Crippen LogP) is 6.01. The zero-order valence-corrected chi connectivity index (χ0v) is 27.6. The molecule has 6 rings (SSSR count). The lowest BCUT2D eigenvalue weighted by Gasteiger charge is -2.36. The van der Waals surface area contributed by atoms with Crippen LogP contribution in [0.4, 0.5) is 17.1 Å². The SMILES string of the molecule is C[C@H](/C=C/CC(=O)N1Cc2ccccc2C[C@H]1CO)[C@@]1(O)C(=O)N(Cc2ccc(N(C=O)c3ccccc3)cc2)c2ccc(Br)cc21. The van der Waals surface area contributed by atoms with Crippen molar-refractivity contribution < 1.29 is 24.6 Å². The van der Waals surface area contributed by atoms with E-state index in [0.29, 0.717) is 29.9 Å². The Labute approximate surface area is 282 Å². The van der Waals surface area contributed by atoms with Gasteiger partial charge in [-0.25, -0.2) is 0 Å². The molecule has 4 aromatic carbocycles. The molecule has 3 atom stereocenters. The molecule has 240 valence electrons. The number of carbonyl (C=O) groups is 3. The second-order valence-corrected chi connectivity index (χ2v) is 13.0. The zero-order chi connectivity index (χ0) is 33.1. The van der Waals surface area contributed by atoms with Crippen molar-refractivity contribution in [3.8, 4) is 0 Å². The van der Waals surface area contributed by atoms with E-state index in [1.807, 2.05) is 91.0 Å². The van der Waals surface area contributed by atoms with E-state index in [4.69, 9.17) is 0 Å². The molecule has 0 saturated heterocycles. The van der Waals surface area contributed by atoms with Crippen LogP contribution in [0.1, 0.15) is 35.6 Å². The Bertz CT molecular complexity index is 1810. The lowest BCUT2D eigenvalue weighted by Crippen LogP contribution is -2.46. The molecule has 0 unspecified atom stereocenters. The summed E-state index contributed by atoms with van der Waals surface area (Å²) in [6.07, 6.45) is 4.87. The average molecular weight is 695 g/mol. The summed E-state index contributed by atoms with van der Waals surface area (Å²) in [5.74, 6) is -1.23. The number of benzene rings is 4. The first-order chi connectivity index (χ1) is 22.7. The fourth-order valence-electron chi connectivity index (χ4n) is 6.55. The van der Waals surface area contributed by atoms with Crippen LogP contribution >= 0.6 is 15.9 Å². The number of nitrogens with zero attached hydrogens (tertiary/aromatic N) is 3. The standard InChI is InChI=1S/C38H36BrN3O5/c1-26(8-7-13-36(45)40-23-29-10-6-5-9-28(29)20-33(40)24-43)38(47)34-21-30(39)16-19-35(34)41(37(38)46)22-27-14-17-32(18-15-27)42(25-44)31-11-3-2-4-12-31/h2-12,14-19,21,25-26,33,43,47H,13,20,22-24H2,1H3/b8-7+/t26-,33+,38+/m1/s1. The van der Waals surface area contributed by atoms with Crippen LogP contribution in [0.3, 0.4) is 0 Å². The van der Waals surface area contributed by atoms with Gasteiger partial charge in [-0.2, -0.15) is 0 Å². The highest BCUT2D eigenvalue weighted by Gasteiger charge is 2.52. The van der Waals surface area contributed by atoms with E-state index in [0.717, 1.165) is 33.3 Å². The van der Waals surface area contributed by atoms with Crippen LogP contribution in [0.25, 0.3) is 0 Å². The summed E-state index contributed by atoms with van der Waals surface area (Å²) in [5.41, 5.74) is 3.72. The number of halogens is 1. The monoisotopic (exact) mass is 693 g/mol. The maximum atomic E-state index is 14.1. The van der Waals surface area contributed by atoms with Gasteiger partial charge in [0.15, 0.2) is 5.60 Å². The molecule has 0 radical (unpaired) electrons. The van der Waals surface area contributed by atoms with Gasteiger partial charge >= 0.3 is 0 Å². The quantitative estimate of drug-likeness (QED) is 0.157. The number of anilines is 3. The third-order valence-electron chi connectivity index (χ3n) is 9.19. The van der Waals surface area contributed by atoms with Gasteiger partial charge in [0.25, 0.3) is 5.91 Å². The highest BCUT2D eigenvalue weighted by molar-refractivity contribution is 9.10. The molecular formula is C38H36BrN3O5. The van der Waals surface area contributed by atoms with Crippen molar-refractivity contribution in [1.82, 2.24) is 4.90 Å². The molecule has 47 heavy (non-hydrogen) atoms. The average Bonchev–Trinajstić information content (AvgIpc) is 3.30. The number of para-hydroxylation sites is 1. The lowest BCUT2D eigenvalue weighted by molar-refractivity contribution is -0.139. The third-order valence-corrected chi connectivity index (χ3v) is 9.68. The summed E-state index contributed by atoms with van der Waals surface area (Å²) in [6, 6.07) is 29.8. The van der Waals surface area contributed by atoms with Crippen molar-refractivity contribution in [1.29, 1.82) is 0 Å². The number of hydrogen-bond acceptors (Lipinski definition) is 5. The van der Waals surface area contributed by atoms with Gasteiger partial charge in [-0.15, -0.1) is 0 Å². The van der Waals surface area contributed by atoms with Gasteiger partial charge in [-0.3, -0.25) is 19.3 Å². The van der Waals surface area contributed by atoms with Gasteiger partial charge in [0, 0.05) is 40.3 Å². The highest BCUT2D eigenvalue weighted by atomic mass is 79.9. The van der Waals surface area contributed by atoms with Crippen molar-refractivity contribution in [3.05, 3.63) is 136 Å². The number of amides is 3. The Hall–Kier alpha value is -4.57. The van der Waals surface area contributed by atoms with Crippen LogP contribution in [-0.4, -0.2) is 46.0 Å². The van der Waals surface area contributed by atoms with E-state index in [9.17, 15) is 24.6 Å². The topological polar surface area (TPSA) is 101 Å². The molecule has 8 nitrogen and oxygen atoms in total. The normalized spacial score (nSPS) is 19.4. The van der Waals surface area contributed by atoms with Gasteiger partial charge < -0.3 is 20.0 Å². The summed E-state index contributed by atoms with van der Waals surface area (Å²) in [6.45, 7) is 2.30. The summed E-state index contributed by atoms with van der Waals surface area (Å²) < 4.78 is 0.732. The minimum Gasteiger partial charge on any atom is -0.394 e. The van der Waals surface area contributed by atoms with Crippen LogP contribution < -0.4 is 9.80 Å². The summed E-state index contributed by atoms with van der Waals surface area (Å²) in [5, 5.41) is 22.1. The number of carbonyl (C=O) groups excluding carboxylic acids is 3. The first kappa shape index (κ1) is 32.4. The third kappa shape index (κ3) is 6.26. The molecule has 9 heteroatoms. The van der Waals surface area contributed by atoms with Crippen molar-refractivity contribution >= 4 is 51.2 Å². The Kier molecular flexibility index (Phi) is 9.40. The van der Waals surface area contributed by atoms with E-state index < -0.39 is 17.4 Å². The molecule has 0 bridgehead atoms. The number of fused-ring (bicyclic) bond motifs is 2. The van der Waals surface area contributed by atoms with E-state index in [2.05, 4.69) is 15.9 Å². The molecule has 2 aliphatic rings. The second kappa shape index (κ2) is 13.7. The molecule has 0 aromatic heterocycles. The Morgan fingerprint density at radius 1 is 1.00 bits per heavy atom. The minimum absolute atomic E-state index is 0.0788. The first-order valence-corrected chi connectivity index (χ1v) is 16.4. The Balaban J connectivity index is 1.18. The molecule has 0 fully saturated rings. The summed E-state index contributed by atoms with van der Waals surface area (Å²) >= 11 is 3.50. The van der Waals surface area contributed by atoms with Crippen LogP contribution in [-0.2, 0) is 39.5 Å². The van der Waals surface area contributed by atoms with E-state index in [1.54, 1.807) is 39.8 Å². The number of aliphatic hydroxyl groups excluding tert-OH is 1. The zero-order valence-electron chi connectivity index (χ0n) is 26.0. The van der Waals surface area contributed by atoms with Crippen molar-refractivity contribution in [2.75, 3.05) is 16.4 Å². The van der Waals surface area contributed by atoms with Crippen LogP contribution in [0.2, 0.25) is 0 Å². The fourth-order valence-corrected chi connectivity index (χ4v) is 6.91. The molecule has 4 aromatic rings. The van der Waals surface area contributed by atoms with Gasteiger partial charge in [-0.05, 0) is 65.6 Å². The maximum Gasteiger partial charge on any atom is 0.264 e. The Morgan fingerprint density at radius 3 is 2.38 bits per heavy atom. The Morgan fingerprint density at radius 2 is 1.68 bits per heavy atom. The molecule has 2 aliphatic heterocycles. The van der Waals surface area contributed by atoms with E-state index in [1.165, 1.54) is 0 Å². The van der Waals surface area contributed by atoms with E-state index >= 15 is 0 Å². The molecule has 0 saturated carbocycles. The van der Waals surface area contributed by atoms with Gasteiger partial charge in [0.05, 0.1) is 24.9 Å². The molecule has 2 N–H and O–H groups in total. The predicted molar refractivity (Wildman–Crippen MR) is 185 cm³/mol. The second-order valence-electron chi connectivity index (χ2n) is 12.0. The molecule has 2 heterocycles. The largest absolute Gasteiger partial charge is 0.394 e. The maximum absolute atomic E-state index is 14.1. The molecule has 0 spiro atoms. The van der Waals surface area contributed by atoms with Crippen molar-refractivity contribution in [3.63, 3.8) is 0 Å². The number of hydrogen-bond donors (Lipinski definition) is 2. The summed E-state index contributed by atoms with van der Waals surface area (Å²) in [4.78, 5) is 44.1. The lowest BCUT2D eigenvalue weighted by atomic mass is 9.83. The van der Waals surface area contributed by atoms with Gasteiger partial charge in [0.2, 0.25) is 12.3 Å². The van der Waals surface area contributed by atoms with Crippen molar-refractivity contribution in [2.24, 2.45) is 5.92 Å². The molecule has 3 amide bonds. The first-order valence-electron chi connectivity index (χ1n) is 15.6. The number of rotatable bonds is 10. The molecule has 0 aliphatic carbocycles. The van der Waals surface area contributed by atoms with E-state index in [-0.39, 0.29) is 31.5 Å². The number of aliphatic hydroxyl groups is 2. The van der Waals surface area contributed by atoms with Gasteiger partial charge in [0.1, 0.15) is 0 Å². The van der Waals surface area contributed by atoms with Gasteiger partial charge in [-0.1, -0.05) is 89.6 Å². The minimum atomic E-state index is -1.85. The van der Waals surface area contributed by atoms with Crippen molar-refractivity contribution in [2.45, 2.75) is 44.5 Å². The summed E-state index contributed by atoms with van der Waals surface area (Å²) in [7, 11) is 0. The van der Waals surface area contributed by atoms with Crippen LogP contribution in [0.15, 0.2) is 114 Å². The molecular weight excluding hydrogens is 658 g/mol. The fraction of sp³-hybridized carbons (Fsp3) is 0.237.